The van der Waals surface area contributed by atoms with E-state index in [9.17, 15) is 30.3 Å². The van der Waals surface area contributed by atoms with E-state index < -0.39 is 49.5 Å². The van der Waals surface area contributed by atoms with Gasteiger partial charge in [-0.25, -0.2) is 0 Å². The van der Waals surface area contributed by atoms with Crippen molar-refractivity contribution in [3.8, 4) is 0 Å². The van der Waals surface area contributed by atoms with Crippen LogP contribution in [0.5, 0.6) is 0 Å². The fourth-order valence-corrected chi connectivity index (χ4v) is 9.37. The van der Waals surface area contributed by atoms with Crippen LogP contribution in [0.15, 0.2) is 0 Å². The van der Waals surface area contributed by atoms with E-state index in [4.69, 9.17) is 9.47 Å². The predicted octanol–water partition coefficient (Wildman–Crippen LogP) is 11.2. The van der Waals surface area contributed by atoms with Gasteiger partial charge in [0.2, 0.25) is 5.91 Å². The highest BCUT2D eigenvalue weighted by Crippen LogP contribution is 2.33. The quantitative estimate of drug-likeness (QED) is 0.0384. The van der Waals surface area contributed by atoms with E-state index in [0.717, 1.165) is 38.5 Å². The third-order valence-corrected chi connectivity index (χ3v) is 13.4. The zero-order chi connectivity index (χ0) is 42.8. The van der Waals surface area contributed by atoms with Gasteiger partial charge in [0.15, 0.2) is 6.29 Å². The number of aliphatic hydroxyl groups excluding tert-OH is 5. The maximum Gasteiger partial charge on any atom is 0.223 e. The largest absolute Gasteiger partial charge is 0.394 e. The van der Waals surface area contributed by atoms with Gasteiger partial charge >= 0.3 is 0 Å². The topological polar surface area (TPSA) is 140 Å². The Bertz CT molecular complexity index is 954. The van der Waals surface area contributed by atoms with Crippen LogP contribution in [-0.4, -0.2) is 98.4 Å². The summed E-state index contributed by atoms with van der Waals surface area (Å²) in [5, 5.41) is 51.6. The molecule has 2 aliphatic heterocycles. The van der Waals surface area contributed by atoms with Crippen molar-refractivity contribution in [3.63, 3.8) is 0 Å². The number of unbranched alkanes of at least 4 members (excludes halogenated alkanes) is 33. The highest BCUT2D eigenvalue weighted by atomic mass is 16.7. The van der Waals surface area contributed by atoms with E-state index >= 15 is 0 Å². The molecule has 2 aliphatic rings. The van der Waals surface area contributed by atoms with Crippen LogP contribution in [0.2, 0.25) is 0 Å². The number of carbonyl (C=O) groups is 1. The molecular formula is C50H97NO8. The fourth-order valence-electron chi connectivity index (χ4n) is 9.37. The van der Waals surface area contributed by atoms with Crippen molar-refractivity contribution >= 4 is 5.91 Å². The molecule has 2 rings (SSSR count). The van der Waals surface area contributed by atoms with E-state index in [1.165, 1.54) is 193 Å². The maximum atomic E-state index is 13.6. The molecule has 0 aromatic rings. The number of amides is 1. The Kier molecular flexibility index (Phi) is 33.7. The molecule has 0 unspecified atom stereocenters. The third-order valence-electron chi connectivity index (χ3n) is 13.4. The molecule has 2 fully saturated rings. The molecule has 0 bridgehead atoms. The second kappa shape index (κ2) is 36.7. The van der Waals surface area contributed by atoms with E-state index in [2.05, 4.69) is 13.8 Å². The van der Waals surface area contributed by atoms with Gasteiger partial charge in [-0.1, -0.05) is 232 Å². The third kappa shape index (κ3) is 24.0. The van der Waals surface area contributed by atoms with Crippen LogP contribution >= 0.6 is 0 Å². The van der Waals surface area contributed by atoms with Gasteiger partial charge in [0.05, 0.1) is 31.4 Å². The van der Waals surface area contributed by atoms with Gasteiger partial charge in [-0.2, -0.15) is 0 Å². The highest BCUT2D eigenvalue weighted by Gasteiger charge is 2.51. The Hall–Kier alpha value is -0.810. The molecule has 0 spiro atoms. The number of nitrogens with zero attached hydrogens (tertiary/aromatic N) is 1. The molecule has 0 aliphatic carbocycles. The van der Waals surface area contributed by atoms with Crippen molar-refractivity contribution in [2.45, 2.75) is 300 Å². The minimum absolute atomic E-state index is 0.0325. The van der Waals surface area contributed by atoms with Crippen molar-refractivity contribution in [2.75, 3.05) is 13.2 Å². The van der Waals surface area contributed by atoms with Crippen molar-refractivity contribution in [1.29, 1.82) is 0 Å². The number of hydrogen-bond acceptors (Lipinski definition) is 8. The molecule has 0 aromatic heterocycles. The summed E-state index contributed by atoms with van der Waals surface area (Å²) in [5.41, 5.74) is 0. The molecule has 0 saturated carbocycles. The minimum Gasteiger partial charge on any atom is -0.394 e. The lowest BCUT2D eigenvalue weighted by Gasteiger charge is -2.53. The maximum absolute atomic E-state index is 13.6. The van der Waals surface area contributed by atoms with E-state index in [0.29, 0.717) is 6.42 Å². The number of ether oxygens (including phenoxy) is 2. The smallest absolute Gasteiger partial charge is 0.223 e. The Balaban J connectivity index is 1.58. The van der Waals surface area contributed by atoms with E-state index in [1.807, 2.05) is 0 Å². The Morgan fingerprint density at radius 1 is 0.458 bits per heavy atom. The van der Waals surface area contributed by atoms with Crippen LogP contribution in [0.3, 0.4) is 0 Å². The number of likely N-dealkylation sites (tertiary alicyclic amines) is 1. The molecule has 9 nitrogen and oxygen atoms in total. The lowest BCUT2D eigenvalue weighted by molar-refractivity contribution is -0.307. The van der Waals surface area contributed by atoms with Crippen molar-refractivity contribution in [3.05, 3.63) is 0 Å². The number of hydrogen-bond donors (Lipinski definition) is 5. The highest BCUT2D eigenvalue weighted by molar-refractivity contribution is 5.78. The van der Waals surface area contributed by atoms with Gasteiger partial charge in [-0.3, -0.25) is 4.79 Å². The average Bonchev–Trinajstić information content (AvgIpc) is 3.24. The number of rotatable bonds is 41. The SMILES string of the molecule is CCCCCCCCCCCCCCCCCCCCCCCCCC(=O)N1[C@@H](CCCCCCCCCCCCCC)[C@@H](O)[C@@H]1CO[C@H]1O[C@H](CO)[C@H](O)[C@H](O)[C@H]1O. The monoisotopic (exact) mass is 840 g/mol. The van der Waals surface area contributed by atoms with Gasteiger partial charge in [-0.15, -0.1) is 0 Å². The lowest BCUT2D eigenvalue weighted by atomic mass is 9.85. The van der Waals surface area contributed by atoms with Crippen LogP contribution in [0.1, 0.15) is 251 Å². The first-order valence-corrected chi connectivity index (χ1v) is 25.8. The van der Waals surface area contributed by atoms with Gasteiger partial charge in [0.25, 0.3) is 0 Å². The van der Waals surface area contributed by atoms with Crippen molar-refractivity contribution in [1.82, 2.24) is 4.90 Å². The Morgan fingerprint density at radius 3 is 1.19 bits per heavy atom. The summed E-state index contributed by atoms with van der Waals surface area (Å²) in [5.74, 6) is 0.0325. The lowest BCUT2D eigenvalue weighted by Crippen LogP contribution is -2.71. The van der Waals surface area contributed by atoms with Gasteiger partial charge in [0.1, 0.15) is 24.4 Å². The zero-order valence-electron chi connectivity index (χ0n) is 38.6. The number of carbonyl (C=O) groups excluding carboxylic acids is 1. The average molecular weight is 840 g/mol. The summed E-state index contributed by atoms with van der Waals surface area (Å²) in [6, 6.07) is -0.819. The van der Waals surface area contributed by atoms with E-state index in [1.54, 1.807) is 4.90 Å². The molecular weight excluding hydrogens is 743 g/mol. The molecule has 5 N–H and O–H groups in total. The molecule has 0 radical (unpaired) electrons. The fraction of sp³-hybridized carbons (Fsp3) is 0.980. The van der Waals surface area contributed by atoms with E-state index in [-0.39, 0.29) is 18.6 Å². The summed E-state index contributed by atoms with van der Waals surface area (Å²) in [7, 11) is 0. The van der Waals surface area contributed by atoms with Crippen LogP contribution in [0.4, 0.5) is 0 Å². The van der Waals surface area contributed by atoms with Crippen LogP contribution in [-0.2, 0) is 14.3 Å². The van der Waals surface area contributed by atoms with Crippen LogP contribution < -0.4 is 0 Å². The zero-order valence-corrected chi connectivity index (χ0v) is 38.6. The number of aliphatic hydroxyl groups is 5. The second-order valence-electron chi connectivity index (χ2n) is 18.7. The van der Waals surface area contributed by atoms with Crippen molar-refractivity contribution < 1.29 is 39.8 Å². The standard InChI is InChI=1S/C50H97NO8/c1-3-5-7-9-11-13-15-17-18-19-20-21-22-23-24-25-26-27-29-31-33-35-37-39-45(53)51-42(38-36-34-32-30-28-16-14-12-10-8-6-4-2)46(54)43(51)41-58-50-49(57)48(56)47(55)44(40-52)59-50/h42-44,46-50,52,54-57H,3-41H2,1-2H3/t42-,43-,44+,46+,47-,48-,49+,50-/m0/s1. The molecule has 2 saturated heterocycles. The summed E-state index contributed by atoms with van der Waals surface area (Å²) >= 11 is 0. The Labute approximate surface area is 363 Å². The molecule has 2 heterocycles. The Morgan fingerprint density at radius 2 is 0.814 bits per heavy atom. The molecule has 8 atom stereocenters. The van der Waals surface area contributed by atoms with Gasteiger partial charge in [-0.05, 0) is 12.8 Å². The first kappa shape index (κ1) is 54.3. The van der Waals surface area contributed by atoms with Gasteiger partial charge < -0.3 is 39.9 Å². The summed E-state index contributed by atoms with van der Waals surface area (Å²) in [4.78, 5) is 15.4. The summed E-state index contributed by atoms with van der Waals surface area (Å²) in [6.45, 7) is 3.94. The molecule has 350 valence electrons. The summed E-state index contributed by atoms with van der Waals surface area (Å²) in [6.07, 6.45) is 39.4. The normalized spacial score (nSPS) is 24.5. The molecule has 59 heavy (non-hydrogen) atoms. The minimum atomic E-state index is -1.53. The van der Waals surface area contributed by atoms with Crippen LogP contribution in [0, 0.1) is 0 Å². The molecule has 9 heteroatoms. The predicted molar refractivity (Wildman–Crippen MR) is 242 cm³/mol. The van der Waals surface area contributed by atoms with Gasteiger partial charge in [0, 0.05) is 6.42 Å². The second-order valence-corrected chi connectivity index (χ2v) is 18.7. The molecule has 0 aromatic carbocycles. The first-order valence-electron chi connectivity index (χ1n) is 25.8. The van der Waals surface area contributed by atoms with Crippen LogP contribution in [0.25, 0.3) is 0 Å². The summed E-state index contributed by atoms with van der Waals surface area (Å²) < 4.78 is 11.3. The molecule has 1 amide bonds. The van der Waals surface area contributed by atoms with Crippen molar-refractivity contribution in [2.24, 2.45) is 0 Å². The first-order chi connectivity index (χ1) is 28.9.